The van der Waals surface area contributed by atoms with E-state index in [1.165, 1.54) is 13.5 Å². The molecule has 0 radical (unpaired) electrons. The fraction of sp³-hybridized carbons (Fsp3) is 0.556. The lowest BCUT2D eigenvalue weighted by Crippen LogP contribution is -2.43. The Hall–Kier alpha value is -2.24. The highest BCUT2D eigenvalue weighted by molar-refractivity contribution is 5.84. The van der Waals surface area contributed by atoms with E-state index in [1.807, 2.05) is 4.90 Å². The van der Waals surface area contributed by atoms with Crippen molar-refractivity contribution in [2.45, 2.75) is 51.5 Å². The standard InChI is InChI=1S/C18H26N2O4/c1-3-12-20(15-9-5-4-6-10-15)18(22)24-16-11-7-8-14(13-16)19-17(21)23-2/h7-8,11,13,15H,3-6,9-10,12H2,1-2H3,(H,19,21). The molecule has 0 heterocycles. The number of hydrogen-bond acceptors (Lipinski definition) is 4. The van der Waals surface area contributed by atoms with Crippen LogP contribution in [0, 0.1) is 0 Å². The largest absolute Gasteiger partial charge is 0.453 e. The number of methoxy groups -OCH3 is 1. The molecule has 24 heavy (non-hydrogen) atoms. The highest BCUT2D eigenvalue weighted by Gasteiger charge is 2.26. The number of anilines is 1. The molecule has 2 rings (SSSR count). The molecular formula is C18H26N2O4. The summed E-state index contributed by atoms with van der Waals surface area (Å²) in [4.78, 5) is 25.7. The summed E-state index contributed by atoms with van der Waals surface area (Å²) in [6, 6.07) is 7.01. The zero-order chi connectivity index (χ0) is 17.4. The quantitative estimate of drug-likeness (QED) is 0.866. The minimum Gasteiger partial charge on any atom is -0.453 e. The van der Waals surface area contributed by atoms with Gasteiger partial charge in [0, 0.05) is 24.3 Å². The molecule has 1 aliphatic rings. The lowest BCUT2D eigenvalue weighted by molar-refractivity contribution is 0.117. The SMILES string of the molecule is CCCN(C(=O)Oc1cccc(NC(=O)OC)c1)C1CCCCC1. The number of carbonyl (C=O) groups excluding carboxylic acids is 2. The second-order valence-electron chi connectivity index (χ2n) is 6.00. The van der Waals surface area contributed by atoms with Gasteiger partial charge in [0.25, 0.3) is 0 Å². The molecule has 6 nitrogen and oxygen atoms in total. The molecule has 6 heteroatoms. The van der Waals surface area contributed by atoms with Crippen LogP contribution in [-0.2, 0) is 4.74 Å². The van der Waals surface area contributed by atoms with Crippen molar-refractivity contribution < 1.29 is 19.1 Å². The number of carbonyl (C=O) groups is 2. The first-order valence-electron chi connectivity index (χ1n) is 8.57. The lowest BCUT2D eigenvalue weighted by atomic mass is 9.94. The summed E-state index contributed by atoms with van der Waals surface area (Å²) in [7, 11) is 1.30. The summed E-state index contributed by atoms with van der Waals surface area (Å²) in [5.74, 6) is 0.408. The Morgan fingerprint density at radius 2 is 2.00 bits per heavy atom. The van der Waals surface area contributed by atoms with Crippen LogP contribution in [-0.4, -0.2) is 36.8 Å². The number of hydrogen-bond donors (Lipinski definition) is 1. The fourth-order valence-electron chi connectivity index (χ4n) is 3.02. The topological polar surface area (TPSA) is 67.9 Å². The highest BCUT2D eigenvalue weighted by atomic mass is 16.6. The third-order valence-corrected chi connectivity index (χ3v) is 4.19. The summed E-state index contributed by atoms with van der Waals surface area (Å²) >= 11 is 0. The van der Waals surface area contributed by atoms with Gasteiger partial charge >= 0.3 is 12.2 Å². The molecule has 1 aromatic rings. The Labute approximate surface area is 143 Å². The Kier molecular flexibility index (Phi) is 6.90. The van der Waals surface area contributed by atoms with Gasteiger partial charge in [0.1, 0.15) is 5.75 Å². The summed E-state index contributed by atoms with van der Waals surface area (Å²) in [6.45, 7) is 2.76. The van der Waals surface area contributed by atoms with Gasteiger partial charge in [0.2, 0.25) is 0 Å². The van der Waals surface area contributed by atoms with Gasteiger partial charge in [-0.3, -0.25) is 5.32 Å². The Bertz CT molecular complexity index is 556. The maximum atomic E-state index is 12.6. The molecule has 0 atom stereocenters. The third kappa shape index (κ3) is 5.15. The smallest absolute Gasteiger partial charge is 0.415 e. The molecule has 0 spiro atoms. The van der Waals surface area contributed by atoms with Crippen LogP contribution in [0.5, 0.6) is 5.75 Å². The van der Waals surface area contributed by atoms with E-state index in [9.17, 15) is 9.59 Å². The van der Waals surface area contributed by atoms with E-state index in [-0.39, 0.29) is 12.1 Å². The average molecular weight is 334 g/mol. The van der Waals surface area contributed by atoms with Crippen molar-refractivity contribution in [1.29, 1.82) is 0 Å². The van der Waals surface area contributed by atoms with Crippen molar-refractivity contribution in [1.82, 2.24) is 4.90 Å². The maximum absolute atomic E-state index is 12.6. The molecule has 1 saturated carbocycles. The zero-order valence-electron chi connectivity index (χ0n) is 14.4. The third-order valence-electron chi connectivity index (χ3n) is 4.19. The van der Waals surface area contributed by atoms with Gasteiger partial charge in [-0.25, -0.2) is 9.59 Å². The second kappa shape index (κ2) is 9.15. The summed E-state index contributed by atoms with van der Waals surface area (Å²) in [5.41, 5.74) is 0.520. The second-order valence-corrected chi connectivity index (χ2v) is 6.00. The van der Waals surface area contributed by atoms with E-state index in [4.69, 9.17) is 4.74 Å². The van der Waals surface area contributed by atoms with Crippen LogP contribution < -0.4 is 10.1 Å². The average Bonchev–Trinajstić information content (AvgIpc) is 2.60. The number of rotatable bonds is 5. The number of nitrogens with zero attached hydrogens (tertiary/aromatic N) is 1. The minimum atomic E-state index is -0.562. The van der Waals surface area contributed by atoms with E-state index in [2.05, 4.69) is 17.0 Å². The van der Waals surface area contributed by atoms with E-state index in [1.54, 1.807) is 24.3 Å². The zero-order valence-corrected chi connectivity index (χ0v) is 14.4. The summed E-state index contributed by atoms with van der Waals surface area (Å²) < 4.78 is 10.1. The molecule has 0 saturated heterocycles. The van der Waals surface area contributed by atoms with Crippen LogP contribution >= 0.6 is 0 Å². The Morgan fingerprint density at radius 3 is 2.67 bits per heavy atom. The lowest BCUT2D eigenvalue weighted by Gasteiger charge is -2.33. The first-order valence-corrected chi connectivity index (χ1v) is 8.57. The fourth-order valence-corrected chi connectivity index (χ4v) is 3.02. The minimum absolute atomic E-state index is 0.266. The molecule has 2 amide bonds. The molecule has 1 aromatic carbocycles. The van der Waals surface area contributed by atoms with E-state index >= 15 is 0 Å². The van der Waals surface area contributed by atoms with Crippen LogP contribution in [0.25, 0.3) is 0 Å². The van der Waals surface area contributed by atoms with Crippen LogP contribution in [0.1, 0.15) is 45.4 Å². The van der Waals surface area contributed by atoms with Gasteiger partial charge in [-0.15, -0.1) is 0 Å². The van der Waals surface area contributed by atoms with Gasteiger partial charge in [-0.2, -0.15) is 0 Å². The van der Waals surface area contributed by atoms with Crippen molar-refractivity contribution in [3.63, 3.8) is 0 Å². The van der Waals surface area contributed by atoms with E-state index in [0.717, 1.165) is 32.1 Å². The first-order chi connectivity index (χ1) is 11.6. The van der Waals surface area contributed by atoms with Gasteiger partial charge < -0.3 is 14.4 Å². The molecule has 1 fully saturated rings. The van der Waals surface area contributed by atoms with Crippen molar-refractivity contribution in [3.05, 3.63) is 24.3 Å². The number of amides is 2. The van der Waals surface area contributed by atoms with Crippen molar-refractivity contribution in [2.24, 2.45) is 0 Å². The highest BCUT2D eigenvalue weighted by Crippen LogP contribution is 2.25. The summed E-state index contributed by atoms with van der Waals surface area (Å²) in [5, 5.41) is 2.56. The maximum Gasteiger partial charge on any atom is 0.415 e. The van der Waals surface area contributed by atoms with Gasteiger partial charge in [0.15, 0.2) is 0 Å². The number of nitrogens with one attached hydrogen (secondary N) is 1. The molecule has 0 aromatic heterocycles. The molecule has 0 aliphatic heterocycles. The monoisotopic (exact) mass is 334 g/mol. The Morgan fingerprint density at radius 1 is 1.25 bits per heavy atom. The molecular weight excluding hydrogens is 308 g/mol. The first kappa shape index (κ1) is 18.1. The van der Waals surface area contributed by atoms with E-state index in [0.29, 0.717) is 18.0 Å². The molecule has 0 unspecified atom stereocenters. The summed E-state index contributed by atoms with van der Waals surface area (Å²) in [6.07, 6.45) is 5.67. The molecule has 1 aliphatic carbocycles. The van der Waals surface area contributed by atoms with Crippen LogP contribution in [0.4, 0.5) is 15.3 Å². The predicted molar refractivity (Wildman–Crippen MR) is 92.4 cm³/mol. The number of ether oxygens (including phenoxy) is 2. The van der Waals surface area contributed by atoms with Gasteiger partial charge in [0.05, 0.1) is 7.11 Å². The molecule has 0 bridgehead atoms. The van der Waals surface area contributed by atoms with Crippen LogP contribution in [0.15, 0.2) is 24.3 Å². The molecule has 1 N–H and O–H groups in total. The van der Waals surface area contributed by atoms with Crippen LogP contribution in [0.3, 0.4) is 0 Å². The number of benzene rings is 1. The van der Waals surface area contributed by atoms with Gasteiger partial charge in [-0.1, -0.05) is 32.3 Å². The van der Waals surface area contributed by atoms with Gasteiger partial charge in [-0.05, 0) is 31.4 Å². The predicted octanol–water partition coefficient (Wildman–Crippen LogP) is 4.41. The van der Waals surface area contributed by atoms with Crippen molar-refractivity contribution in [3.8, 4) is 5.75 Å². The van der Waals surface area contributed by atoms with Crippen molar-refractivity contribution in [2.75, 3.05) is 19.0 Å². The van der Waals surface area contributed by atoms with Crippen molar-refractivity contribution >= 4 is 17.9 Å². The molecule has 132 valence electrons. The van der Waals surface area contributed by atoms with Crippen LogP contribution in [0.2, 0.25) is 0 Å². The Balaban J connectivity index is 2.02. The normalized spacial score (nSPS) is 14.8. The van der Waals surface area contributed by atoms with E-state index < -0.39 is 6.09 Å².